The van der Waals surface area contributed by atoms with Crippen LogP contribution in [0.5, 0.6) is 0 Å². The molecule has 100 valence electrons. The first-order valence-electron chi connectivity index (χ1n) is 4.93. The second-order valence-electron chi connectivity index (χ2n) is 3.71. The number of ether oxygens (including phenoxy) is 1. The van der Waals surface area contributed by atoms with Gasteiger partial charge in [0.15, 0.2) is 0 Å². The number of hydrogen-bond donors (Lipinski definition) is 1. The Morgan fingerprint density at radius 1 is 1.28 bits per heavy atom. The number of methoxy groups -OCH3 is 1. The summed E-state index contributed by atoms with van der Waals surface area (Å²) >= 11 is 1.03. The van der Waals surface area contributed by atoms with Gasteiger partial charge in [0.1, 0.15) is 0 Å². The van der Waals surface area contributed by atoms with Crippen LogP contribution in [-0.2, 0) is 4.74 Å². The Balaban J connectivity index is 2.64. The molecule has 0 bridgehead atoms. The van der Waals surface area contributed by atoms with E-state index in [-0.39, 0.29) is 5.24 Å². The maximum Gasteiger partial charge on any atom is 0.337 e. The zero-order chi connectivity index (χ0) is 13.8. The fraction of sp³-hybridized carbons (Fsp3) is 0.273. The molecule has 1 aromatic rings. The lowest BCUT2D eigenvalue weighted by Gasteiger charge is -2.22. The van der Waals surface area contributed by atoms with Gasteiger partial charge in [-0.15, -0.1) is 0 Å². The number of rotatable bonds is 3. The third-order valence-corrected chi connectivity index (χ3v) is 3.64. The molecule has 0 unspecified atom stereocenters. The quantitative estimate of drug-likeness (QED) is 0.687. The third kappa shape index (κ3) is 5.20. The Hall–Kier alpha value is -0.850. The number of thioether (sulfide) groups is 1. The van der Waals surface area contributed by atoms with Crippen molar-refractivity contribution in [3.8, 4) is 0 Å². The Labute approximate surface area is 116 Å². The van der Waals surface area contributed by atoms with Crippen LogP contribution < -0.4 is 4.72 Å². The fourth-order valence-corrected chi connectivity index (χ4v) is 3.12. The van der Waals surface area contributed by atoms with Gasteiger partial charge < -0.3 is 4.74 Å². The van der Waals surface area contributed by atoms with Gasteiger partial charge in [-0.3, -0.25) is 9.52 Å². The van der Waals surface area contributed by atoms with Gasteiger partial charge in [-0.25, -0.2) is 4.79 Å². The van der Waals surface area contributed by atoms with Crippen molar-refractivity contribution in [2.24, 2.45) is 0 Å². The third-order valence-electron chi connectivity index (χ3n) is 1.81. The Bertz CT molecular complexity index is 443. The van der Waals surface area contributed by atoms with Gasteiger partial charge in [-0.05, 0) is 59.2 Å². The molecule has 0 saturated heterocycles. The average molecular weight is 308 g/mol. The standard InChI is InChI=1S/C11H14ClNO3S2/c1-16-10(14)8-4-6-9(7-5-8)17-11(15)13-18(2,3)12/h4-7H,1-3H3,(H,13,15). The van der Waals surface area contributed by atoms with Gasteiger partial charge in [0.2, 0.25) is 0 Å². The zero-order valence-electron chi connectivity index (χ0n) is 10.2. The van der Waals surface area contributed by atoms with Crippen molar-refractivity contribution in [1.29, 1.82) is 0 Å². The predicted molar refractivity (Wildman–Crippen MR) is 77.5 cm³/mol. The van der Waals surface area contributed by atoms with E-state index in [4.69, 9.17) is 10.7 Å². The van der Waals surface area contributed by atoms with Crippen molar-refractivity contribution >= 4 is 43.1 Å². The summed E-state index contributed by atoms with van der Waals surface area (Å²) in [7, 11) is 5.69. The Morgan fingerprint density at radius 3 is 2.28 bits per heavy atom. The van der Waals surface area contributed by atoms with Crippen LogP contribution in [0.4, 0.5) is 4.79 Å². The van der Waals surface area contributed by atoms with Crippen LogP contribution in [0.3, 0.4) is 0 Å². The first kappa shape index (κ1) is 15.2. The van der Waals surface area contributed by atoms with Crippen molar-refractivity contribution in [1.82, 2.24) is 4.72 Å². The molecule has 0 fully saturated rings. The smallest absolute Gasteiger partial charge is 0.337 e. The largest absolute Gasteiger partial charge is 0.465 e. The molecule has 0 spiro atoms. The van der Waals surface area contributed by atoms with E-state index in [9.17, 15) is 9.59 Å². The number of carbonyl (C=O) groups is 2. The minimum absolute atomic E-state index is 0.212. The number of carbonyl (C=O) groups excluding carboxylic acids is 2. The topological polar surface area (TPSA) is 55.4 Å². The summed E-state index contributed by atoms with van der Waals surface area (Å²) < 4.78 is 7.28. The molecule has 1 aromatic carbocycles. The lowest BCUT2D eigenvalue weighted by Crippen LogP contribution is -2.18. The SMILES string of the molecule is COC(=O)c1ccc(SC(=O)NS(C)(C)Cl)cc1. The molecule has 18 heavy (non-hydrogen) atoms. The second-order valence-corrected chi connectivity index (χ2v) is 9.68. The fourth-order valence-electron chi connectivity index (χ4n) is 1.10. The molecule has 0 aliphatic rings. The summed E-state index contributed by atoms with van der Waals surface area (Å²) in [6.07, 6.45) is 3.54. The van der Waals surface area contributed by atoms with Gasteiger partial charge in [0, 0.05) is 4.90 Å². The van der Waals surface area contributed by atoms with E-state index >= 15 is 0 Å². The van der Waals surface area contributed by atoms with Crippen LogP contribution >= 0.6 is 31.9 Å². The summed E-state index contributed by atoms with van der Waals surface area (Å²) in [4.78, 5) is 23.5. The number of benzene rings is 1. The van der Waals surface area contributed by atoms with E-state index in [1.54, 1.807) is 36.8 Å². The molecule has 4 nitrogen and oxygen atoms in total. The molecule has 0 heterocycles. The lowest BCUT2D eigenvalue weighted by molar-refractivity contribution is 0.0600. The highest BCUT2D eigenvalue weighted by molar-refractivity contribution is 8.49. The molecule has 0 aliphatic heterocycles. The second kappa shape index (κ2) is 6.36. The van der Waals surface area contributed by atoms with Gasteiger partial charge in [-0.1, -0.05) is 9.43 Å². The van der Waals surface area contributed by atoms with Crippen LogP contribution in [0, 0.1) is 0 Å². The molecule has 0 saturated carbocycles. The van der Waals surface area contributed by atoms with E-state index in [1.165, 1.54) is 7.11 Å². The van der Waals surface area contributed by atoms with E-state index in [2.05, 4.69) is 9.46 Å². The first-order chi connectivity index (χ1) is 8.31. The van der Waals surface area contributed by atoms with Crippen LogP contribution in [-0.4, -0.2) is 30.8 Å². The van der Waals surface area contributed by atoms with Crippen molar-refractivity contribution in [2.75, 3.05) is 19.6 Å². The summed E-state index contributed by atoms with van der Waals surface area (Å²) in [5, 5.41) is -0.212. The van der Waals surface area contributed by atoms with Crippen molar-refractivity contribution in [3.05, 3.63) is 29.8 Å². The monoisotopic (exact) mass is 307 g/mol. The van der Waals surface area contributed by atoms with E-state index in [0.29, 0.717) is 5.56 Å². The van der Waals surface area contributed by atoms with Crippen LogP contribution in [0.1, 0.15) is 10.4 Å². The van der Waals surface area contributed by atoms with Crippen LogP contribution in [0.2, 0.25) is 0 Å². The molecule has 0 radical (unpaired) electrons. The van der Waals surface area contributed by atoms with Crippen molar-refractivity contribution < 1.29 is 14.3 Å². The first-order valence-corrected chi connectivity index (χ1v) is 9.02. The molecular weight excluding hydrogens is 294 g/mol. The highest BCUT2D eigenvalue weighted by Gasteiger charge is 2.13. The number of hydrogen-bond acceptors (Lipinski definition) is 4. The Kier molecular flexibility index (Phi) is 5.37. The molecule has 1 amide bonds. The minimum atomic E-state index is -1.59. The predicted octanol–water partition coefficient (Wildman–Crippen LogP) is 3.41. The van der Waals surface area contributed by atoms with Crippen molar-refractivity contribution in [3.63, 3.8) is 0 Å². The van der Waals surface area contributed by atoms with Crippen molar-refractivity contribution in [2.45, 2.75) is 4.90 Å². The van der Waals surface area contributed by atoms with E-state index in [0.717, 1.165) is 16.7 Å². The van der Waals surface area contributed by atoms with E-state index in [1.807, 2.05) is 0 Å². The molecule has 7 heteroatoms. The minimum Gasteiger partial charge on any atom is -0.465 e. The summed E-state index contributed by atoms with van der Waals surface area (Å²) in [6.45, 7) is 0. The highest BCUT2D eigenvalue weighted by Crippen LogP contribution is 2.41. The van der Waals surface area contributed by atoms with Crippen LogP contribution in [0.25, 0.3) is 0 Å². The van der Waals surface area contributed by atoms with Gasteiger partial charge >= 0.3 is 5.97 Å². The normalized spacial score (nSPS) is 11.8. The average Bonchev–Trinajstić information content (AvgIpc) is 2.26. The zero-order valence-corrected chi connectivity index (χ0v) is 12.6. The highest BCUT2D eigenvalue weighted by atomic mass is 35.7. The molecule has 0 atom stereocenters. The molecule has 0 aliphatic carbocycles. The number of nitrogens with one attached hydrogen (secondary N) is 1. The molecule has 1 rings (SSSR count). The molecular formula is C11H14ClNO3S2. The summed E-state index contributed by atoms with van der Waals surface area (Å²) in [6, 6.07) is 6.60. The lowest BCUT2D eigenvalue weighted by atomic mass is 10.2. The summed E-state index contributed by atoms with van der Waals surface area (Å²) in [5.41, 5.74) is 0.450. The number of halogens is 1. The molecule has 0 aromatic heterocycles. The maximum atomic E-state index is 11.6. The number of amides is 1. The van der Waals surface area contributed by atoms with E-state index < -0.39 is 15.4 Å². The molecule has 1 N–H and O–H groups in total. The van der Waals surface area contributed by atoms with Gasteiger partial charge in [-0.2, -0.15) is 0 Å². The van der Waals surface area contributed by atoms with Gasteiger partial charge in [0.25, 0.3) is 5.24 Å². The summed E-state index contributed by atoms with van der Waals surface area (Å²) in [5.74, 6) is -0.401. The van der Waals surface area contributed by atoms with Crippen LogP contribution in [0.15, 0.2) is 29.2 Å². The maximum absolute atomic E-state index is 11.6. The van der Waals surface area contributed by atoms with Gasteiger partial charge in [0.05, 0.1) is 12.7 Å². The number of esters is 1. The Morgan fingerprint density at radius 2 is 1.83 bits per heavy atom.